The van der Waals surface area contributed by atoms with Gasteiger partial charge in [0.25, 0.3) is 11.6 Å². The van der Waals surface area contributed by atoms with Gasteiger partial charge in [0.15, 0.2) is 10.7 Å². The molecule has 1 aliphatic rings. The van der Waals surface area contributed by atoms with Gasteiger partial charge in [0.05, 0.1) is 10.5 Å². The molecule has 0 saturated carbocycles. The van der Waals surface area contributed by atoms with Crippen molar-refractivity contribution in [2.24, 2.45) is 0 Å². The van der Waals surface area contributed by atoms with E-state index >= 15 is 0 Å². The number of fused-ring (bicyclic) bond motifs is 1. The van der Waals surface area contributed by atoms with Crippen LogP contribution >= 0.6 is 12.2 Å². The second kappa shape index (κ2) is 10.5. The minimum Gasteiger partial charge on any atom is -0.507 e. The normalized spacial score (nSPS) is 13.3. The second-order valence-electron chi connectivity index (χ2n) is 9.09. The number of benzene rings is 3. The molecule has 5 rings (SSSR count). The summed E-state index contributed by atoms with van der Waals surface area (Å²) in [5.74, 6) is -0.324. The number of aromatic nitrogens is 1. The van der Waals surface area contributed by atoms with Crippen molar-refractivity contribution >= 4 is 51.4 Å². The van der Waals surface area contributed by atoms with Gasteiger partial charge >= 0.3 is 0 Å². The molecule has 1 saturated heterocycles. The molecule has 1 amide bonds. The van der Waals surface area contributed by atoms with Crippen molar-refractivity contribution in [3.8, 4) is 17.2 Å². The van der Waals surface area contributed by atoms with E-state index in [0.29, 0.717) is 33.6 Å². The summed E-state index contributed by atoms with van der Waals surface area (Å²) in [5.41, 5.74) is 3.16. The van der Waals surface area contributed by atoms with Crippen LogP contribution in [0.3, 0.4) is 0 Å². The number of nitro benzene ring substituents is 1. The molecule has 0 radical (unpaired) electrons. The van der Waals surface area contributed by atoms with Gasteiger partial charge in [-0.25, -0.2) is 4.98 Å². The Morgan fingerprint density at radius 2 is 1.89 bits per heavy atom. The zero-order valence-corrected chi connectivity index (χ0v) is 21.4. The molecule has 38 heavy (non-hydrogen) atoms. The maximum absolute atomic E-state index is 12.9. The lowest BCUT2D eigenvalue weighted by Crippen LogP contribution is -2.34. The van der Waals surface area contributed by atoms with Crippen molar-refractivity contribution in [1.29, 1.82) is 0 Å². The minimum atomic E-state index is -0.578. The summed E-state index contributed by atoms with van der Waals surface area (Å²) in [7, 11) is 0. The van der Waals surface area contributed by atoms with Crippen LogP contribution in [0.1, 0.15) is 35.2 Å². The number of piperidine rings is 1. The summed E-state index contributed by atoms with van der Waals surface area (Å²) >= 11 is 5.33. The predicted molar refractivity (Wildman–Crippen MR) is 149 cm³/mol. The van der Waals surface area contributed by atoms with E-state index in [2.05, 4.69) is 15.6 Å². The SMILES string of the molecule is Cc1cc(NC(=S)NC(=O)c2ccc(N3CCCCC3)c([N+](=O)[O-])c2)cc(-c2nc3ccccc3o2)c1O. The summed E-state index contributed by atoms with van der Waals surface area (Å²) in [5, 5.41) is 27.9. The molecule has 3 aromatic carbocycles. The van der Waals surface area contributed by atoms with Crippen LogP contribution in [0, 0.1) is 17.0 Å². The molecule has 1 aliphatic heterocycles. The second-order valence-corrected chi connectivity index (χ2v) is 9.50. The van der Waals surface area contributed by atoms with E-state index in [0.717, 1.165) is 32.4 Å². The van der Waals surface area contributed by atoms with Crippen LogP contribution in [-0.2, 0) is 0 Å². The summed E-state index contributed by atoms with van der Waals surface area (Å²) in [6.45, 7) is 3.22. The molecule has 194 valence electrons. The van der Waals surface area contributed by atoms with E-state index in [1.807, 2.05) is 23.1 Å². The fourth-order valence-electron chi connectivity index (χ4n) is 4.55. The smallest absolute Gasteiger partial charge is 0.293 e. The molecular formula is C27H25N5O5S. The number of rotatable bonds is 5. The highest BCUT2D eigenvalue weighted by molar-refractivity contribution is 7.80. The van der Waals surface area contributed by atoms with E-state index < -0.39 is 10.8 Å². The lowest BCUT2D eigenvalue weighted by molar-refractivity contribution is -0.384. The van der Waals surface area contributed by atoms with Gasteiger partial charge in [-0.15, -0.1) is 0 Å². The Balaban J connectivity index is 1.33. The topological polar surface area (TPSA) is 134 Å². The summed E-state index contributed by atoms with van der Waals surface area (Å²) in [4.78, 5) is 30.6. The molecule has 1 fully saturated rings. The number of phenols is 1. The van der Waals surface area contributed by atoms with Gasteiger partial charge in [-0.3, -0.25) is 20.2 Å². The zero-order valence-electron chi connectivity index (χ0n) is 20.6. The highest BCUT2D eigenvalue weighted by Gasteiger charge is 2.23. The van der Waals surface area contributed by atoms with Crippen LogP contribution in [0.2, 0.25) is 0 Å². The lowest BCUT2D eigenvalue weighted by Gasteiger charge is -2.28. The number of carbonyl (C=O) groups is 1. The number of nitro groups is 1. The van der Waals surface area contributed by atoms with Crippen LogP contribution in [0.25, 0.3) is 22.6 Å². The van der Waals surface area contributed by atoms with E-state index in [1.54, 1.807) is 37.3 Å². The molecule has 0 bridgehead atoms. The third kappa shape index (κ3) is 5.14. The molecule has 11 heteroatoms. The maximum atomic E-state index is 12.9. The fraction of sp³-hybridized carbons (Fsp3) is 0.222. The Bertz CT molecular complexity index is 1530. The third-order valence-corrected chi connectivity index (χ3v) is 6.64. The molecule has 3 N–H and O–H groups in total. The zero-order chi connectivity index (χ0) is 26.8. The van der Waals surface area contributed by atoms with Gasteiger partial charge in [0.2, 0.25) is 5.89 Å². The molecule has 10 nitrogen and oxygen atoms in total. The van der Waals surface area contributed by atoms with Crippen molar-refractivity contribution in [2.75, 3.05) is 23.3 Å². The van der Waals surface area contributed by atoms with Crippen LogP contribution in [-0.4, -0.2) is 39.1 Å². The van der Waals surface area contributed by atoms with Gasteiger partial charge < -0.3 is 19.7 Å². The number of phenolic OH excluding ortho intramolecular Hbond substituents is 1. The van der Waals surface area contributed by atoms with Crippen molar-refractivity contribution in [1.82, 2.24) is 10.3 Å². The Hall–Kier alpha value is -4.51. The average Bonchev–Trinajstić information content (AvgIpc) is 3.35. The first-order valence-electron chi connectivity index (χ1n) is 12.2. The quantitative estimate of drug-likeness (QED) is 0.131. The Labute approximate surface area is 223 Å². The minimum absolute atomic E-state index is 0.00800. The monoisotopic (exact) mass is 531 g/mol. The van der Waals surface area contributed by atoms with E-state index in [-0.39, 0.29) is 28.0 Å². The van der Waals surface area contributed by atoms with Crippen molar-refractivity contribution in [2.45, 2.75) is 26.2 Å². The van der Waals surface area contributed by atoms with Gasteiger partial charge in [0.1, 0.15) is 17.0 Å². The van der Waals surface area contributed by atoms with Gasteiger partial charge in [-0.2, -0.15) is 0 Å². The first-order valence-corrected chi connectivity index (χ1v) is 12.6. The highest BCUT2D eigenvalue weighted by Crippen LogP contribution is 2.36. The van der Waals surface area contributed by atoms with Crippen molar-refractivity contribution in [3.63, 3.8) is 0 Å². The van der Waals surface area contributed by atoms with E-state index in [1.165, 1.54) is 6.07 Å². The van der Waals surface area contributed by atoms with Crippen molar-refractivity contribution in [3.05, 3.63) is 75.8 Å². The first-order chi connectivity index (χ1) is 18.3. The summed E-state index contributed by atoms with van der Waals surface area (Å²) in [6.07, 6.45) is 3.06. The number of aromatic hydroxyl groups is 1. The number of nitrogens with one attached hydrogen (secondary N) is 2. The number of hydrogen-bond donors (Lipinski definition) is 3. The molecule has 1 aromatic heterocycles. The number of oxazole rings is 1. The molecule has 0 spiro atoms. The number of para-hydroxylation sites is 2. The number of aryl methyl sites for hydroxylation is 1. The first kappa shape index (κ1) is 25.2. The van der Waals surface area contributed by atoms with Crippen LogP contribution in [0.5, 0.6) is 5.75 Å². The van der Waals surface area contributed by atoms with Crippen LogP contribution in [0.15, 0.2) is 59.0 Å². The fourth-order valence-corrected chi connectivity index (χ4v) is 4.76. The summed E-state index contributed by atoms with van der Waals surface area (Å²) < 4.78 is 5.80. The number of amides is 1. The predicted octanol–water partition coefficient (Wildman–Crippen LogP) is 5.53. The van der Waals surface area contributed by atoms with Crippen LogP contribution in [0.4, 0.5) is 17.1 Å². The number of thiocarbonyl (C=S) groups is 1. The molecular weight excluding hydrogens is 506 g/mol. The van der Waals surface area contributed by atoms with Gasteiger partial charge in [0, 0.05) is 30.4 Å². The number of anilines is 2. The number of carbonyl (C=O) groups excluding carboxylic acids is 1. The van der Waals surface area contributed by atoms with Gasteiger partial charge in [-0.1, -0.05) is 12.1 Å². The van der Waals surface area contributed by atoms with E-state index in [4.69, 9.17) is 16.6 Å². The highest BCUT2D eigenvalue weighted by atomic mass is 32.1. The summed E-state index contributed by atoms with van der Waals surface area (Å²) in [6, 6.07) is 15.0. The molecule has 0 unspecified atom stereocenters. The number of hydrogen-bond acceptors (Lipinski definition) is 8. The lowest BCUT2D eigenvalue weighted by atomic mass is 10.1. The van der Waals surface area contributed by atoms with Crippen molar-refractivity contribution < 1.29 is 19.2 Å². The standard InChI is InChI=1S/C27H25N5O5S/c1-16-13-18(15-19(24(16)33)26-29-20-7-3-4-8-23(20)37-26)28-27(38)30-25(34)17-9-10-21(22(14-17)32(35)36)31-11-5-2-6-12-31/h3-4,7-10,13-15,33H,2,5-6,11-12H2,1H3,(H2,28,30,34,38). The third-order valence-electron chi connectivity index (χ3n) is 6.44. The number of nitrogens with zero attached hydrogens (tertiary/aromatic N) is 3. The molecule has 4 aromatic rings. The Morgan fingerprint density at radius 3 is 2.63 bits per heavy atom. The van der Waals surface area contributed by atoms with E-state index in [9.17, 15) is 20.0 Å². The molecule has 0 atom stereocenters. The maximum Gasteiger partial charge on any atom is 0.293 e. The molecule has 2 heterocycles. The van der Waals surface area contributed by atoms with Gasteiger partial charge in [-0.05, 0) is 80.4 Å². The Kier molecular flexibility index (Phi) is 6.93. The molecule has 0 aliphatic carbocycles. The Morgan fingerprint density at radius 1 is 1.13 bits per heavy atom. The average molecular weight is 532 g/mol. The largest absolute Gasteiger partial charge is 0.507 e. The van der Waals surface area contributed by atoms with Crippen LogP contribution < -0.4 is 15.5 Å².